The van der Waals surface area contributed by atoms with E-state index in [0.29, 0.717) is 36.2 Å². The standard InChI is InChI=1S/C30H31N5O3S/c1-37-25-15-14-21(19-26(25)38-2)16-17-31-27(36)13-8-18-39-30-32-29-28(33-34-30)23-11-6-7-12-24(23)35(29)20-22-9-4-3-5-10-22/h3-7,9-12,14-15,19H,8,13,16-18,20H2,1-2H3,(H,31,36). The van der Waals surface area contributed by atoms with E-state index < -0.39 is 0 Å². The first kappa shape index (κ1) is 26.5. The topological polar surface area (TPSA) is 91.2 Å². The summed E-state index contributed by atoms with van der Waals surface area (Å²) in [7, 11) is 3.23. The third kappa shape index (κ3) is 6.31. The number of carbonyl (C=O) groups is 1. The fraction of sp³-hybridized carbons (Fsp3) is 0.267. The van der Waals surface area contributed by atoms with Gasteiger partial charge in [0.15, 0.2) is 17.1 Å². The molecule has 3 aromatic carbocycles. The molecule has 5 rings (SSSR count). The lowest BCUT2D eigenvalue weighted by Crippen LogP contribution is -2.25. The first-order valence-electron chi connectivity index (χ1n) is 12.9. The van der Waals surface area contributed by atoms with Crippen LogP contribution in [0.15, 0.2) is 78.0 Å². The first-order chi connectivity index (χ1) is 19.2. The molecule has 0 unspecified atom stereocenters. The highest BCUT2D eigenvalue weighted by molar-refractivity contribution is 7.99. The van der Waals surface area contributed by atoms with Crippen molar-refractivity contribution in [2.75, 3.05) is 26.5 Å². The van der Waals surface area contributed by atoms with Crippen LogP contribution in [0.25, 0.3) is 22.1 Å². The molecule has 8 nitrogen and oxygen atoms in total. The van der Waals surface area contributed by atoms with Crippen LogP contribution in [0.1, 0.15) is 24.0 Å². The van der Waals surface area contributed by atoms with Gasteiger partial charge in [-0.25, -0.2) is 4.98 Å². The van der Waals surface area contributed by atoms with Gasteiger partial charge in [-0.2, -0.15) is 0 Å². The van der Waals surface area contributed by atoms with Gasteiger partial charge in [0.25, 0.3) is 0 Å². The Labute approximate surface area is 231 Å². The van der Waals surface area contributed by atoms with E-state index >= 15 is 0 Å². The minimum Gasteiger partial charge on any atom is -0.493 e. The number of nitrogens with zero attached hydrogens (tertiary/aromatic N) is 4. The molecular weight excluding hydrogens is 510 g/mol. The molecule has 0 spiro atoms. The number of amides is 1. The maximum absolute atomic E-state index is 12.3. The van der Waals surface area contributed by atoms with Crippen molar-refractivity contribution in [3.8, 4) is 11.5 Å². The molecule has 5 aromatic rings. The molecule has 0 fully saturated rings. The molecule has 0 aliphatic rings. The zero-order valence-electron chi connectivity index (χ0n) is 22.1. The minimum absolute atomic E-state index is 0.0357. The summed E-state index contributed by atoms with van der Waals surface area (Å²) in [6.45, 7) is 1.27. The lowest BCUT2D eigenvalue weighted by molar-refractivity contribution is -0.121. The van der Waals surface area contributed by atoms with E-state index in [0.717, 1.165) is 46.2 Å². The number of carbonyl (C=O) groups excluding carboxylic acids is 1. The molecule has 9 heteroatoms. The number of hydrogen-bond acceptors (Lipinski definition) is 7. The van der Waals surface area contributed by atoms with Crippen molar-refractivity contribution in [3.05, 3.63) is 83.9 Å². The maximum Gasteiger partial charge on any atom is 0.220 e. The molecular formula is C30H31N5O3S. The van der Waals surface area contributed by atoms with Crippen LogP contribution in [-0.2, 0) is 17.8 Å². The van der Waals surface area contributed by atoms with Gasteiger partial charge in [0, 0.05) is 30.6 Å². The zero-order valence-corrected chi connectivity index (χ0v) is 22.9. The molecule has 1 N–H and O–H groups in total. The van der Waals surface area contributed by atoms with E-state index in [-0.39, 0.29) is 5.91 Å². The lowest BCUT2D eigenvalue weighted by Gasteiger charge is -2.10. The van der Waals surface area contributed by atoms with Crippen LogP contribution in [0.3, 0.4) is 0 Å². The highest BCUT2D eigenvalue weighted by Gasteiger charge is 2.15. The number of rotatable bonds is 12. The second-order valence-corrected chi connectivity index (χ2v) is 10.2. The van der Waals surface area contributed by atoms with Crippen molar-refractivity contribution in [3.63, 3.8) is 0 Å². The summed E-state index contributed by atoms with van der Waals surface area (Å²) < 4.78 is 12.8. The van der Waals surface area contributed by atoms with E-state index in [1.54, 1.807) is 14.2 Å². The van der Waals surface area contributed by atoms with Gasteiger partial charge >= 0.3 is 0 Å². The summed E-state index contributed by atoms with van der Waals surface area (Å²) in [6, 6.07) is 24.3. The number of methoxy groups -OCH3 is 2. The summed E-state index contributed by atoms with van der Waals surface area (Å²) in [5.41, 5.74) is 4.99. The SMILES string of the molecule is COc1ccc(CCNC(=O)CCCSc2nnc3c4ccccc4n(Cc4ccccc4)c3n2)cc1OC. The Balaban J connectivity index is 1.15. The number of nitrogens with one attached hydrogen (secondary N) is 1. The first-order valence-corrected chi connectivity index (χ1v) is 13.9. The molecule has 0 atom stereocenters. The Morgan fingerprint density at radius 3 is 2.54 bits per heavy atom. The van der Waals surface area contributed by atoms with Gasteiger partial charge in [-0.05, 0) is 42.2 Å². The quantitative estimate of drug-likeness (QED) is 0.170. The van der Waals surface area contributed by atoms with Crippen molar-refractivity contribution in [1.29, 1.82) is 0 Å². The number of fused-ring (bicyclic) bond motifs is 3. The molecule has 0 aliphatic heterocycles. The third-order valence-electron chi connectivity index (χ3n) is 6.50. The van der Waals surface area contributed by atoms with E-state index in [9.17, 15) is 4.79 Å². The molecule has 0 saturated heterocycles. The minimum atomic E-state index is 0.0357. The van der Waals surface area contributed by atoms with E-state index in [2.05, 4.69) is 44.3 Å². The van der Waals surface area contributed by atoms with Crippen LogP contribution in [0.5, 0.6) is 11.5 Å². The summed E-state index contributed by atoms with van der Waals surface area (Å²) in [6.07, 6.45) is 1.89. The fourth-order valence-electron chi connectivity index (χ4n) is 4.54. The van der Waals surface area contributed by atoms with Gasteiger partial charge in [-0.3, -0.25) is 4.79 Å². The van der Waals surface area contributed by atoms with Gasteiger partial charge < -0.3 is 19.4 Å². The third-order valence-corrected chi connectivity index (χ3v) is 7.43. The average Bonchev–Trinajstić information content (AvgIpc) is 3.28. The lowest BCUT2D eigenvalue weighted by atomic mass is 10.1. The largest absolute Gasteiger partial charge is 0.493 e. The number of hydrogen-bond donors (Lipinski definition) is 1. The maximum atomic E-state index is 12.3. The number of para-hydroxylation sites is 1. The van der Waals surface area contributed by atoms with Crippen molar-refractivity contribution >= 4 is 39.7 Å². The van der Waals surface area contributed by atoms with E-state index in [1.807, 2.05) is 48.5 Å². The summed E-state index contributed by atoms with van der Waals surface area (Å²) in [5.74, 6) is 2.15. The van der Waals surface area contributed by atoms with Crippen LogP contribution >= 0.6 is 11.8 Å². The molecule has 0 bridgehead atoms. The van der Waals surface area contributed by atoms with E-state index in [4.69, 9.17) is 14.5 Å². The van der Waals surface area contributed by atoms with Crippen molar-refractivity contribution in [2.24, 2.45) is 0 Å². The van der Waals surface area contributed by atoms with Crippen LogP contribution in [0.4, 0.5) is 0 Å². The molecule has 39 heavy (non-hydrogen) atoms. The fourth-order valence-corrected chi connectivity index (χ4v) is 5.26. The van der Waals surface area contributed by atoms with Gasteiger partial charge in [0.2, 0.25) is 11.1 Å². The Bertz CT molecular complexity index is 1570. The number of aromatic nitrogens is 4. The normalized spacial score (nSPS) is 11.1. The monoisotopic (exact) mass is 541 g/mol. The van der Waals surface area contributed by atoms with Crippen molar-refractivity contribution in [2.45, 2.75) is 31.0 Å². The predicted molar refractivity (Wildman–Crippen MR) is 155 cm³/mol. The molecule has 0 saturated carbocycles. The molecule has 200 valence electrons. The second kappa shape index (κ2) is 12.6. The molecule has 2 aromatic heterocycles. The molecule has 0 aliphatic carbocycles. The summed E-state index contributed by atoms with van der Waals surface area (Å²) >= 11 is 1.53. The highest BCUT2D eigenvalue weighted by atomic mass is 32.2. The Kier molecular flexibility index (Phi) is 8.58. The Morgan fingerprint density at radius 1 is 0.923 bits per heavy atom. The average molecular weight is 542 g/mol. The number of benzene rings is 3. The summed E-state index contributed by atoms with van der Waals surface area (Å²) in [5, 5.41) is 13.6. The van der Waals surface area contributed by atoms with Gasteiger partial charge in [-0.1, -0.05) is 66.4 Å². The summed E-state index contributed by atoms with van der Waals surface area (Å²) in [4.78, 5) is 17.2. The van der Waals surface area contributed by atoms with Crippen LogP contribution in [-0.4, -0.2) is 52.2 Å². The number of thioether (sulfide) groups is 1. The zero-order chi connectivity index (χ0) is 27.0. The Morgan fingerprint density at radius 2 is 1.72 bits per heavy atom. The van der Waals surface area contributed by atoms with E-state index in [1.165, 1.54) is 17.3 Å². The smallest absolute Gasteiger partial charge is 0.220 e. The van der Waals surface area contributed by atoms with Crippen LogP contribution in [0.2, 0.25) is 0 Å². The molecule has 0 radical (unpaired) electrons. The van der Waals surface area contributed by atoms with Crippen molar-refractivity contribution in [1.82, 2.24) is 25.1 Å². The van der Waals surface area contributed by atoms with Gasteiger partial charge in [0.1, 0.15) is 5.52 Å². The second-order valence-electron chi connectivity index (χ2n) is 9.10. The molecule has 1 amide bonds. The highest BCUT2D eigenvalue weighted by Crippen LogP contribution is 2.29. The molecule has 2 heterocycles. The van der Waals surface area contributed by atoms with Gasteiger partial charge in [0.05, 0.1) is 19.7 Å². The van der Waals surface area contributed by atoms with Gasteiger partial charge in [-0.15, -0.1) is 10.2 Å². The van der Waals surface area contributed by atoms with Crippen molar-refractivity contribution < 1.29 is 14.3 Å². The predicted octanol–water partition coefficient (Wildman–Crippen LogP) is 5.28. The Hall–Kier alpha value is -4.11. The van der Waals surface area contributed by atoms with Crippen LogP contribution in [0, 0.1) is 0 Å². The number of ether oxygens (including phenoxy) is 2. The van der Waals surface area contributed by atoms with Crippen LogP contribution < -0.4 is 14.8 Å².